The Bertz CT molecular complexity index is 414. The van der Waals surface area contributed by atoms with Crippen LogP contribution in [-0.2, 0) is 9.47 Å². The minimum Gasteiger partial charge on any atom is -0.473 e. The summed E-state index contributed by atoms with van der Waals surface area (Å²) >= 11 is 5.66. The van der Waals surface area contributed by atoms with Crippen LogP contribution in [0.5, 0.6) is 5.88 Å². The Morgan fingerprint density at radius 3 is 2.76 bits per heavy atom. The molecule has 0 fully saturated rings. The minimum atomic E-state index is -0.898. The summed E-state index contributed by atoms with van der Waals surface area (Å²) in [6.07, 6.45) is 1.10. The number of rotatable bonds is 5. The standard InChI is InChI=1S/C10H11ClFNO4/c1-15-3-4-17-9-8(12)7(11)6(5-13-9)10(14)16-2/h5H,3-4H2,1-2H3. The van der Waals surface area contributed by atoms with Gasteiger partial charge in [0.1, 0.15) is 6.61 Å². The van der Waals surface area contributed by atoms with Crippen molar-refractivity contribution in [2.45, 2.75) is 0 Å². The highest BCUT2D eigenvalue weighted by molar-refractivity contribution is 6.33. The number of methoxy groups -OCH3 is 2. The van der Waals surface area contributed by atoms with Crippen molar-refractivity contribution in [2.75, 3.05) is 27.4 Å². The molecule has 94 valence electrons. The van der Waals surface area contributed by atoms with E-state index in [4.69, 9.17) is 21.1 Å². The first kappa shape index (κ1) is 13.7. The fourth-order valence-corrected chi connectivity index (χ4v) is 1.23. The molecule has 0 bridgehead atoms. The molecule has 0 saturated heterocycles. The maximum Gasteiger partial charge on any atom is 0.341 e. The van der Waals surface area contributed by atoms with E-state index in [0.717, 1.165) is 6.20 Å². The van der Waals surface area contributed by atoms with Gasteiger partial charge in [-0.3, -0.25) is 0 Å². The second-order valence-electron chi connectivity index (χ2n) is 2.94. The largest absolute Gasteiger partial charge is 0.473 e. The number of nitrogens with zero attached hydrogens (tertiary/aromatic N) is 1. The second kappa shape index (κ2) is 6.36. The van der Waals surface area contributed by atoms with Gasteiger partial charge in [0.05, 0.1) is 24.3 Å². The molecule has 0 amide bonds. The van der Waals surface area contributed by atoms with Crippen molar-refractivity contribution in [1.82, 2.24) is 4.98 Å². The van der Waals surface area contributed by atoms with Gasteiger partial charge in [0.15, 0.2) is 0 Å². The van der Waals surface area contributed by atoms with E-state index >= 15 is 0 Å². The Hall–Kier alpha value is -1.40. The van der Waals surface area contributed by atoms with Crippen LogP contribution in [0.4, 0.5) is 4.39 Å². The molecule has 1 heterocycles. The number of pyridine rings is 1. The Morgan fingerprint density at radius 2 is 2.18 bits per heavy atom. The summed E-state index contributed by atoms with van der Waals surface area (Å²) in [5.41, 5.74) is -0.147. The molecular weight excluding hydrogens is 253 g/mol. The van der Waals surface area contributed by atoms with Crippen LogP contribution in [0.15, 0.2) is 6.20 Å². The van der Waals surface area contributed by atoms with E-state index in [2.05, 4.69) is 9.72 Å². The topological polar surface area (TPSA) is 57.7 Å². The maximum atomic E-state index is 13.6. The second-order valence-corrected chi connectivity index (χ2v) is 3.32. The normalized spacial score (nSPS) is 10.1. The van der Waals surface area contributed by atoms with Crippen LogP contribution < -0.4 is 4.74 Å². The number of carbonyl (C=O) groups is 1. The van der Waals surface area contributed by atoms with Gasteiger partial charge in [-0.15, -0.1) is 0 Å². The number of aromatic nitrogens is 1. The van der Waals surface area contributed by atoms with Gasteiger partial charge in [0.2, 0.25) is 5.82 Å². The molecular formula is C10H11ClFNO4. The fraction of sp³-hybridized carbons (Fsp3) is 0.400. The Balaban J connectivity index is 2.90. The number of esters is 1. The maximum absolute atomic E-state index is 13.6. The van der Waals surface area contributed by atoms with Gasteiger partial charge in [-0.25, -0.2) is 9.78 Å². The predicted molar refractivity (Wildman–Crippen MR) is 57.9 cm³/mol. The summed E-state index contributed by atoms with van der Waals surface area (Å²) < 4.78 is 27.7. The van der Waals surface area contributed by atoms with Crippen LogP contribution >= 0.6 is 11.6 Å². The zero-order chi connectivity index (χ0) is 12.8. The first-order valence-corrected chi connectivity index (χ1v) is 5.03. The van der Waals surface area contributed by atoms with Gasteiger partial charge in [-0.05, 0) is 0 Å². The summed E-state index contributed by atoms with van der Waals surface area (Å²) in [6, 6.07) is 0. The molecule has 0 aliphatic carbocycles. The molecule has 5 nitrogen and oxygen atoms in total. The zero-order valence-electron chi connectivity index (χ0n) is 9.33. The van der Waals surface area contributed by atoms with E-state index in [1.807, 2.05) is 0 Å². The van der Waals surface area contributed by atoms with E-state index < -0.39 is 11.8 Å². The van der Waals surface area contributed by atoms with Gasteiger partial charge >= 0.3 is 5.97 Å². The van der Waals surface area contributed by atoms with Crippen molar-refractivity contribution in [3.63, 3.8) is 0 Å². The highest BCUT2D eigenvalue weighted by Gasteiger charge is 2.19. The number of carbonyl (C=O) groups excluding carboxylic acids is 1. The van der Waals surface area contributed by atoms with Crippen LogP contribution in [0.25, 0.3) is 0 Å². The van der Waals surface area contributed by atoms with E-state index in [9.17, 15) is 9.18 Å². The molecule has 0 radical (unpaired) electrons. The lowest BCUT2D eigenvalue weighted by Crippen LogP contribution is -2.09. The lowest BCUT2D eigenvalue weighted by molar-refractivity contribution is 0.0599. The lowest BCUT2D eigenvalue weighted by Gasteiger charge is -2.08. The van der Waals surface area contributed by atoms with Crippen LogP contribution in [0, 0.1) is 5.82 Å². The Labute approximate surface area is 102 Å². The van der Waals surface area contributed by atoms with E-state index in [0.29, 0.717) is 0 Å². The van der Waals surface area contributed by atoms with Gasteiger partial charge in [0, 0.05) is 13.3 Å². The molecule has 17 heavy (non-hydrogen) atoms. The van der Waals surface area contributed by atoms with E-state index in [1.54, 1.807) is 0 Å². The molecule has 0 saturated carbocycles. The molecule has 0 unspecified atom stereocenters. The van der Waals surface area contributed by atoms with Gasteiger partial charge in [-0.1, -0.05) is 11.6 Å². The third-order valence-corrected chi connectivity index (χ3v) is 2.23. The average molecular weight is 264 g/mol. The average Bonchev–Trinajstić information content (AvgIpc) is 2.34. The highest BCUT2D eigenvalue weighted by atomic mass is 35.5. The van der Waals surface area contributed by atoms with Crippen molar-refractivity contribution < 1.29 is 23.4 Å². The molecule has 0 aliphatic heterocycles. The van der Waals surface area contributed by atoms with Crippen molar-refractivity contribution in [3.05, 3.63) is 22.6 Å². The smallest absolute Gasteiger partial charge is 0.341 e. The van der Waals surface area contributed by atoms with Crippen LogP contribution in [-0.4, -0.2) is 38.4 Å². The zero-order valence-corrected chi connectivity index (χ0v) is 10.1. The third kappa shape index (κ3) is 3.28. The molecule has 0 aliphatic rings. The summed E-state index contributed by atoms with van der Waals surface area (Å²) in [7, 11) is 2.65. The number of hydrogen-bond donors (Lipinski definition) is 0. The molecule has 7 heteroatoms. The van der Waals surface area contributed by atoms with Gasteiger partial charge in [0.25, 0.3) is 5.88 Å². The summed E-state index contributed by atoms with van der Waals surface area (Å²) in [5, 5.41) is -0.376. The van der Waals surface area contributed by atoms with Crippen LogP contribution in [0.2, 0.25) is 5.02 Å². The van der Waals surface area contributed by atoms with Crippen molar-refractivity contribution in [1.29, 1.82) is 0 Å². The SMILES string of the molecule is COCCOc1ncc(C(=O)OC)c(Cl)c1F. The molecule has 0 N–H and O–H groups in total. The van der Waals surface area contributed by atoms with Crippen molar-refractivity contribution in [2.24, 2.45) is 0 Å². The fourth-order valence-electron chi connectivity index (χ4n) is 1.02. The van der Waals surface area contributed by atoms with Crippen LogP contribution in [0.1, 0.15) is 10.4 Å². The van der Waals surface area contributed by atoms with Gasteiger partial charge in [-0.2, -0.15) is 4.39 Å². The molecule has 1 rings (SSSR count). The van der Waals surface area contributed by atoms with E-state index in [-0.39, 0.29) is 29.7 Å². The quantitative estimate of drug-likeness (QED) is 0.598. The Kier molecular flexibility index (Phi) is 5.11. The molecule has 0 spiro atoms. The summed E-state index contributed by atoms with van der Waals surface area (Å²) in [6.45, 7) is 0.422. The molecule has 0 atom stereocenters. The third-order valence-electron chi connectivity index (χ3n) is 1.86. The van der Waals surface area contributed by atoms with Crippen molar-refractivity contribution >= 4 is 17.6 Å². The number of hydrogen-bond acceptors (Lipinski definition) is 5. The van der Waals surface area contributed by atoms with Crippen LogP contribution in [0.3, 0.4) is 0 Å². The summed E-state index contributed by atoms with van der Waals surface area (Å²) in [4.78, 5) is 14.8. The van der Waals surface area contributed by atoms with Crippen molar-refractivity contribution in [3.8, 4) is 5.88 Å². The highest BCUT2D eigenvalue weighted by Crippen LogP contribution is 2.26. The molecule has 1 aromatic rings. The first-order valence-electron chi connectivity index (χ1n) is 4.65. The molecule has 1 aromatic heterocycles. The van der Waals surface area contributed by atoms with Gasteiger partial charge < -0.3 is 14.2 Å². The lowest BCUT2D eigenvalue weighted by atomic mass is 10.3. The first-order chi connectivity index (χ1) is 8.11. The minimum absolute atomic E-state index is 0.133. The monoisotopic (exact) mass is 263 g/mol. The van der Waals surface area contributed by atoms with E-state index in [1.165, 1.54) is 14.2 Å². The molecule has 0 aromatic carbocycles. The number of halogens is 2. The predicted octanol–water partition coefficient (Wildman–Crippen LogP) is 1.69. The summed E-state index contributed by atoms with van der Waals surface area (Å²) in [5.74, 6) is -1.93. The number of ether oxygens (including phenoxy) is 3. The Morgan fingerprint density at radius 1 is 1.47 bits per heavy atom.